The minimum atomic E-state index is -3.52. The molecule has 0 aromatic heterocycles. The minimum Gasteiger partial charge on any atom is -0.481 e. The van der Waals surface area contributed by atoms with Crippen molar-refractivity contribution in [2.75, 3.05) is 26.7 Å². The normalized spacial score (nSPS) is 22.1. The van der Waals surface area contributed by atoms with Crippen molar-refractivity contribution in [1.82, 2.24) is 8.61 Å². The first-order valence-electron chi connectivity index (χ1n) is 6.69. The fraction of sp³-hybridized carbons (Fsp3) is 0.917. The number of rotatable bonds is 6. The quantitative estimate of drug-likeness (QED) is 0.792. The molecular weight excluding hydrogens is 268 g/mol. The van der Waals surface area contributed by atoms with Crippen LogP contribution in [0.25, 0.3) is 0 Å². The molecule has 1 saturated heterocycles. The van der Waals surface area contributed by atoms with E-state index < -0.39 is 22.1 Å². The first kappa shape index (κ1) is 16.4. The Bertz CT molecular complexity index is 408. The molecule has 1 heterocycles. The molecule has 1 aliphatic rings. The summed E-state index contributed by atoms with van der Waals surface area (Å²) in [6, 6.07) is 0. The Morgan fingerprint density at radius 2 is 2.11 bits per heavy atom. The van der Waals surface area contributed by atoms with Crippen LogP contribution in [-0.2, 0) is 15.0 Å². The molecule has 0 amide bonds. The second kappa shape index (κ2) is 6.67. The van der Waals surface area contributed by atoms with Crippen LogP contribution in [0, 0.1) is 11.8 Å². The van der Waals surface area contributed by atoms with Gasteiger partial charge in [-0.3, -0.25) is 4.79 Å². The van der Waals surface area contributed by atoms with E-state index in [9.17, 15) is 13.2 Å². The van der Waals surface area contributed by atoms with Crippen LogP contribution in [0.5, 0.6) is 0 Å². The molecule has 0 radical (unpaired) electrons. The predicted octanol–water partition coefficient (Wildman–Crippen LogP) is 1.01. The SMILES string of the molecule is CC(C)CCN(C)S(=O)(=O)N1CCCC(C(=O)O)C1. The Morgan fingerprint density at radius 3 is 2.63 bits per heavy atom. The van der Waals surface area contributed by atoms with Gasteiger partial charge in [0, 0.05) is 26.7 Å². The maximum atomic E-state index is 12.3. The minimum absolute atomic E-state index is 0.0870. The number of carboxylic acid groups (broad SMARTS) is 1. The van der Waals surface area contributed by atoms with Crippen molar-refractivity contribution < 1.29 is 18.3 Å². The van der Waals surface area contributed by atoms with Gasteiger partial charge in [0.15, 0.2) is 0 Å². The van der Waals surface area contributed by atoms with Crippen LogP contribution in [0.1, 0.15) is 33.1 Å². The van der Waals surface area contributed by atoms with Gasteiger partial charge in [-0.25, -0.2) is 0 Å². The Hall–Kier alpha value is -0.660. The number of nitrogens with zero attached hydrogens (tertiary/aromatic N) is 2. The van der Waals surface area contributed by atoms with Gasteiger partial charge in [0.2, 0.25) is 0 Å². The van der Waals surface area contributed by atoms with Crippen LogP contribution in [-0.4, -0.2) is 54.8 Å². The third kappa shape index (κ3) is 4.43. The van der Waals surface area contributed by atoms with E-state index in [0.29, 0.717) is 31.8 Å². The predicted molar refractivity (Wildman–Crippen MR) is 72.9 cm³/mol. The number of piperidine rings is 1. The highest BCUT2D eigenvalue weighted by atomic mass is 32.2. The molecule has 1 N–H and O–H groups in total. The highest BCUT2D eigenvalue weighted by molar-refractivity contribution is 7.86. The summed E-state index contributed by atoms with van der Waals surface area (Å²) in [7, 11) is -1.96. The molecule has 1 rings (SSSR count). The van der Waals surface area contributed by atoms with Gasteiger partial charge in [0.1, 0.15) is 0 Å². The lowest BCUT2D eigenvalue weighted by atomic mass is 10.0. The van der Waals surface area contributed by atoms with E-state index >= 15 is 0 Å². The maximum absolute atomic E-state index is 12.3. The van der Waals surface area contributed by atoms with Gasteiger partial charge in [-0.2, -0.15) is 17.0 Å². The lowest BCUT2D eigenvalue weighted by molar-refractivity contribution is -0.142. The van der Waals surface area contributed by atoms with Gasteiger partial charge >= 0.3 is 5.97 Å². The molecule has 0 saturated carbocycles. The molecule has 0 bridgehead atoms. The van der Waals surface area contributed by atoms with E-state index in [1.807, 2.05) is 13.8 Å². The summed E-state index contributed by atoms with van der Waals surface area (Å²) in [6.45, 7) is 5.06. The Labute approximate surface area is 115 Å². The zero-order chi connectivity index (χ0) is 14.6. The number of hydrogen-bond donors (Lipinski definition) is 1. The van der Waals surface area contributed by atoms with E-state index in [0.717, 1.165) is 6.42 Å². The largest absolute Gasteiger partial charge is 0.481 e. The molecule has 1 fully saturated rings. The first-order chi connectivity index (χ1) is 8.75. The molecule has 19 heavy (non-hydrogen) atoms. The molecule has 1 aliphatic heterocycles. The summed E-state index contributed by atoms with van der Waals surface area (Å²) in [5, 5.41) is 9.00. The molecule has 0 spiro atoms. The van der Waals surface area contributed by atoms with Crippen LogP contribution in [0.2, 0.25) is 0 Å². The summed E-state index contributed by atoms with van der Waals surface area (Å²) >= 11 is 0. The van der Waals surface area contributed by atoms with Crippen molar-refractivity contribution in [3.05, 3.63) is 0 Å². The number of carbonyl (C=O) groups is 1. The summed E-state index contributed by atoms with van der Waals surface area (Å²) in [5.74, 6) is -1.06. The van der Waals surface area contributed by atoms with Gasteiger partial charge < -0.3 is 5.11 Å². The highest BCUT2D eigenvalue weighted by Gasteiger charge is 2.34. The second-order valence-electron chi connectivity index (χ2n) is 5.55. The lowest BCUT2D eigenvalue weighted by Gasteiger charge is -2.33. The summed E-state index contributed by atoms with van der Waals surface area (Å²) in [6.07, 6.45) is 1.96. The third-order valence-corrected chi connectivity index (χ3v) is 5.43. The van der Waals surface area contributed by atoms with Gasteiger partial charge in [-0.1, -0.05) is 13.8 Å². The zero-order valence-electron chi connectivity index (χ0n) is 11.9. The van der Waals surface area contributed by atoms with E-state index in [2.05, 4.69) is 0 Å². The van der Waals surface area contributed by atoms with Gasteiger partial charge in [-0.15, -0.1) is 0 Å². The van der Waals surface area contributed by atoms with Crippen molar-refractivity contribution >= 4 is 16.2 Å². The number of carboxylic acids is 1. The molecule has 1 unspecified atom stereocenters. The smallest absolute Gasteiger partial charge is 0.307 e. The van der Waals surface area contributed by atoms with E-state index in [4.69, 9.17) is 5.11 Å². The Morgan fingerprint density at radius 1 is 1.47 bits per heavy atom. The highest BCUT2D eigenvalue weighted by Crippen LogP contribution is 2.21. The zero-order valence-corrected chi connectivity index (χ0v) is 12.7. The van der Waals surface area contributed by atoms with Crippen molar-refractivity contribution in [2.24, 2.45) is 11.8 Å². The molecule has 112 valence electrons. The van der Waals surface area contributed by atoms with Gasteiger partial charge in [0.05, 0.1) is 5.92 Å². The van der Waals surface area contributed by atoms with Crippen LogP contribution in [0.3, 0.4) is 0 Å². The number of aliphatic carboxylic acids is 1. The van der Waals surface area contributed by atoms with Crippen molar-refractivity contribution in [1.29, 1.82) is 0 Å². The first-order valence-corrected chi connectivity index (χ1v) is 8.09. The van der Waals surface area contributed by atoms with E-state index in [1.54, 1.807) is 7.05 Å². The van der Waals surface area contributed by atoms with Crippen LogP contribution >= 0.6 is 0 Å². The lowest BCUT2D eigenvalue weighted by Crippen LogP contribution is -2.48. The summed E-state index contributed by atoms with van der Waals surface area (Å²) in [5.41, 5.74) is 0. The van der Waals surface area contributed by atoms with Gasteiger partial charge in [-0.05, 0) is 25.2 Å². The van der Waals surface area contributed by atoms with Crippen molar-refractivity contribution in [3.63, 3.8) is 0 Å². The van der Waals surface area contributed by atoms with Crippen molar-refractivity contribution in [2.45, 2.75) is 33.1 Å². The standard InChI is InChI=1S/C12H24N2O4S/c1-10(2)6-8-13(3)19(17,18)14-7-4-5-11(9-14)12(15)16/h10-11H,4-9H2,1-3H3,(H,15,16). The second-order valence-corrected chi connectivity index (χ2v) is 7.58. The molecule has 7 heteroatoms. The maximum Gasteiger partial charge on any atom is 0.307 e. The Kier molecular flexibility index (Phi) is 5.76. The monoisotopic (exact) mass is 292 g/mol. The van der Waals surface area contributed by atoms with Gasteiger partial charge in [0.25, 0.3) is 10.2 Å². The molecule has 0 aromatic carbocycles. The number of hydrogen-bond acceptors (Lipinski definition) is 3. The Balaban J connectivity index is 2.68. The van der Waals surface area contributed by atoms with Crippen LogP contribution < -0.4 is 0 Å². The third-order valence-electron chi connectivity index (χ3n) is 3.47. The van der Waals surface area contributed by atoms with E-state index in [1.165, 1.54) is 8.61 Å². The average molecular weight is 292 g/mol. The molecule has 1 atom stereocenters. The topological polar surface area (TPSA) is 77.9 Å². The molecular formula is C12H24N2O4S. The molecule has 6 nitrogen and oxygen atoms in total. The van der Waals surface area contributed by atoms with E-state index in [-0.39, 0.29) is 6.54 Å². The fourth-order valence-electron chi connectivity index (χ4n) is 2.11. The summed E-state index contributed by atoms with van der Waals surface area (Å²) < 4.78 is 27.3. The van der Waals surface area contributed by atoms with Crippen molar-refractivity contribution in [3.8, 4) is 0 Å². The van der Waals surface area contributed by atoms with Crippen LogP contribution in [0.15, 0.2) is 0 Å². The molecule has 0 aromatic rings. The van der Waals surface area contributed by atoms with Crippen LogP contribution in [0.4, 0.5) is 0 Å². The average Bonchev–Trinajstić information content (AvgIpc) is 2.35. The fourth-order valence-corrected chi connectivity index (χ4v) is 3.56. The summed E-state index contributed by atoms with van der Waals surface area (Å²) in [4.78, 5) is 11.0. The molecule has 0 aliphatic carbocycles.